The maximum absolute atomic E-state index is 11.6. The molecule has 0 bridgehead atoms. The van der Waals surface area contributed by atoms with E-state index in [-0.39, 0.29) is 73.2 Å². The average Bonchev–Trinajstić information content (AvgIpc) is 1.71. The van der Waals surface area contributed by atoms with Crippen LogP contribution in [0.15, 0.2) is 97.1 Å². The Morgan fingerprint density at radius 2 is 0.877 bits per heavy atom. The lowest BCUT2D eigenvalue weighted by Gasteiger charge is -2.22. The summed E-state index contributed by atoms with van der Waals surface area (Å²) in [5.74, 6) is 5.84. The molecule has 678 valence electrons. The molecular formula is C93H138Cl6N12O11. The molecule has 6 fully saturated rings. The highest BCUT2D eigenvalue weighted by molar-refractivity contribution is 6.63. The number of unbranched alkanes of at least 4 members (excludes halogenated alkanes) is 4. The number of rotatable bonds is 27. The monoisotopic (exact) mass is 1820 g/mol. The third-order valence-corrected chi connectivity index (χ3v) is 22.3. The number of ketones is 3. The normalized spacial score (nSPS) is 20.1. The average molecular weight is 1820 g/mol. The smallest absolute Gasteiger partial charge is 0.407 e. The van der Waals surface area contributed by atoms with Crippen molar-refractivity contribution in [2.75, 3.05) is 29.6 Å². The summed E-state index contributed by atoms with van der Waals surface area (Å²) in [5, 5.41) is 41.7. The Labute approximate surface area is 770 Å². The maximum atomic E-state index is 11.6. The first-order valence-corrected chi connectivity index (χ1v) is 46.7. The molecule has 4 aromatic carbocycles. The quantitative estimate of drug-likeness (QED) is 0.0182. The molecule has 23 nitrogen and oxygen atoms in total. The highest BCUT2D eigenvalue weighted by Crippen LogP contribution is 2.31. The SMILES string of the molecule is ClCCl.O=C(Cl)CCCCCl.O=C1CCC(NC(=O)OCc2ccccc2)CC1.O=C1CCc2cc(O)ccc2C1.[2H]C1([2H])CCC(N)CC1.[2H]C1([2H])CCC(NC(=O)CCCCCl)CC1.[2H]C1([2H])CCC(NC(=O)OCc2ccccc2)CC1.[2H]C1([2H])CCC(n2nnnc2CCCCCl)CC1.[2H]C1([2H])CCC(n2nnnc2CCCCOc2ccc3c(c2)CCC(=O)C3)CC1.[HH]. The molecule has 6 saturated carbocycles. The molecule has 29 heteroatoms. The van der Waals surface area contributed by atoms with Crippen LogP contribution in [-0.2, 0) is 85.2 Å². The van der Waals surface area contributed by atoms with Gasteiger partial charge in [0.2, 0.25) is 11.1 Å². The number of ether oxygens (including phenoxy) is 3. The molecule has 2 aromatic heterocycles. The molecule has 3 amide bonds. The Morgan fingerprint density at radius 1 is 0.467 bits per heavy atom. The number of benzene rings is 4. The van der Waals surface area contributed by atoms with Gasteiger partial charge in [-0.25, -0.2) is 19.0 Å². The van der Waals surface area contributed by atoms with E-state index in [0.29, 0.717) is 170 Å². The van der Waals surface area contributed by atoms with Gasteiger partial charge < -0.3 is 41.0 Å². The number of nitrogens with one attached hydrogen (secondary N) is 3. The fourth-order valence-corrected chi connectivity index (χ4v) is 15.1. The minimum absolute atomic E-state index is 0. The number of alkyl halides is 5. The van der Waals surface area contributed by atoms with E-state index in [4.69, 9.17) is 108 Å². The highest BCUT2D eigenvalue weighted by Gasteiger charge is 2.25. The number of carbonyl (C=O) groups excluding carboxylic acids is 7. The van der Waals surface area contributed by atoms with E-state index in [1.807, 2.05) is 88.2 Å². The first-order chi connectivity index (χ1) is 63.0. The third kappa shape index (κ3) is 45.8. The summed E-state index contributed by atoms with van der Waals surface area (Å²) in [6.45, 7) is 1.18. The summed E-state index contributed by atoms with van der Waals surface area (Å²) in [6, 6.07) is 31.4. The van der Waals surface area contributed by atoms with Crippen LogP contribution in [0, 0.1) is 0 Å². The standard InChI is InChI=1S/C21H28N4O2.C14H17NO3.C14H19NO2.C11H19ClN4.C11H20ClNO.C10H10O2.C6H13N.C5H8Cl2O.CH2Cl2.H2/c26-19-11-9-17-15-20(12-10-16(17)14-19)27-13-5-4-8-21-22-23-24-25(21)18-6-2-1-3-7-18;16-13-8-6-12(7-9-13)15-14(17)18-10-11-4-2-1-3-5-11;16-14(15-13-9-5-2-6-10-13)17-11-12-7-3-1-4-8-12;12-9-5-4-8-11-13-14-15-16(11)10-6-2-1-3-7-10;12-9-5-4-8-11(14)13-10-6-2-1-3-7-10;11-9-3-1-7-5-10(12)4-2-8(7)6-9;7-6-4-2-1-3-5-6;6-4-2-1-3-5(7)8;2-1-3;/h10,12,15,18H,1-9,11,13-14H2;1-5,12H,6-10H2,(H,15,17);1,3-4,7-8,13H,2,5-6,9-11H2,(H,15,16);10H,1-9H2;10H,1-9H2,(H,13,14);1,3,6,11H,2,4-5H2;6H,1-5,7H2;1-4H2;1H2;1H/i1D2;;2D2;2*1D2;;1D2;;;. The zero-order valence-corrected chi connectivity index (χ0v) is 75.3. The third-order valence-electron chi connectivity index (χ3n) is 21.4. The number of aromatic hydroxyl groups is 1. The fourth-order valence-electron chi connectivity index (χ4n) is 14.4. The second kappa shape index (κ2) is 64.7. The number of carbonyl (C=O) groups is 7. The number of nitrogens with zero attached hydrogens (tertiary/aromatic N) is 8. The van der Waals surface area contributed by atoms with Gasteiger partial charge in [-0.3, -0.25) is 24.0 Å². The second-order valence-electron chi connectivity index (χ2n) is 31.0. The zero-order valence-electron chi connectivity index (χ0n) is 80.8. The summed E-state index contributed by atoms with van der Waals surface area (Å²) in [7, 11) is 0. The summed E-state index contributed by atoms with van der Waals surface area (Å²) in [6.07, 6.45) is 24.0. The van der Waals surface area contributed by atoms with Crippen LogP contribution in [0.3, 0.4) is 0 Å². The molecule has 0 unspecified atom stereocenters. The molecule has 6 aromatic rings. The number of nitrogens with two attached hydrogens (primary N) is 1. The molecule has 0 saturated heterocycles. The van der Waals surface area contributed by atoms with Gasteiger partial charge in [0, 0.05) is 121 Å². The van der Waals surface area contributed by atoms with E-state index in [1.165, 1.54) is 5.56 Å². The van der Waals surface area contributed by atoms with Crippen molar-refractivity contribution < 1.29 is 68.0 Å². The first-order valence-electron chi connectivity index (χ1n) is 48.6. The van der Waals surface area contributed by atoms with E-state index in [1.54, 1.807) is 12.1 Å². The van der Waals surface area contributed by atoms with Crippen molar-refractivity contribution in [2.45, 2.75) is 351 Å². The van der Waals surface area contributed by atoms with E-state index in [0.717, 1.165) is 186 Å². The second-order valence-corrected chi connectivity index (χ2v) is 33.3. The number of fused-ring (bicyclic) bond motifs is 2. The fraction of sp³-hybridized carbons (Fsp3) is 0.645. The summed E-state index contributed by atoms with van der Waals surface area (Å²) in [4.78, 5) is 78.4. The lowest BCUT2D eigenvalue weighted by atomic mass is 9.91. The van der Waals surface area contributed by atoms with E-state index >= 15 is 0 Å². The molecule has 0 aliphatic heterocycles. The van der Waals surface area contributed by atoms with Crippen molar-refractivity contribution in [3.63, 3.8) is 0 Å². The number of Topliss-reactive ketones (excluding diaryl/α,β-unsaturated/α-hetero) is 3. The van der Waals surface area contributed by atoms with Gasteiger partial charge in [-0.1, -0.05) is 169 Å². The molecule has 8 aliphatic carbocycles. The molecule has 2 heterocycles. The van der Waals surface area contributed by atoms with Crippen LogP contribution in [0.1, 0.15) is 335 Å². The Balaban J connectivity index is 0.000000274. The predicted octanol–water partition coefficient (Wildman–Crippen LogP) is 21.4. The Hall–Kier alpha value is -6.99. The summed E-state index contributed by atoms with van der Waals surface area (Å²) >= 11 is 31.1. The van der Waals surface area contributed by atoms with Crippen LogP contribution in [0.5, 0.6) is 11.5 Å². The molecule has 0 atom stereocenters. The molecule has 8 aliphatic rings. The Morgan fingerprint density at radius 3 is 1.34 bits per heavy atom. The van der Waals surface area contributed by atoms with Crippen molar-refractivity contribution in [2.24, 2.45) is 5.73 Å². The number of hydrogen-bond donors (Lipinski definition) is 5. The van der Waals surface area contributed by atoms with Gasteiger partial charge in [0.1, 0.15) is 42.1 Å². The van der Waals surface area contributed by atoms with Gasteiger partial charge in [0.15, 0.2) is 11.6 Å². The van der Waals surface area contributed by atoms with Crippen molar-refractivity contribution in [1.82, 2.24) is 56.4 Å². The number of aryl methyl sites for hydroxylation is 4. The van der Waals surface area contributed by atoms with Crippen LogP contribution in [0.4, 0.5) is 9.59 Å². The van der Waals surface area contributed by atoms with Crippen LogP contribution >= 0.6 is 69.6 Å². The predicted molar refractivity (Wildman–Crippen MR) is 489 cm³/mol. The topological polar surface area (TPSA) is 317 Å². The number of halogens is 6. The van der Waals surface area contributed by atoms with Crippen molar-refractivity contribution >= 4 is 110 Å². The van der Waals surface area contributed by atoms with Crippen LogP contribution in [-0.4, -0.2) is 140 Å². The van der Waals surface area contributed by atoms with Crippen LogP contribution in [0.2, 0.25) is 0 Å². The van der Waals surface area contributed by atoms with E-state index < -0.39 is 44.1 Å². The van der Waals surface area contributed by atoms with Crippen LogP contribution in [0.25, 0.3) is 0 Å². The number of phenolic OH excluding ortho intramolecular Hbond substituents is 1. The lowest BCUT2D eigenvalue weighted by Crippen LogP contribution is -2.37. The van der Waals surface area contributed by atoms with Gasteiger partial charge in [0.25, 0.3) is 0 Å². The van der Waals surface area contributed by atoms with Crippen molar-refractivity contribution in [1.29, 1.82) is 0 Å². The molecule has 122 heavy (non-hydrogen) atoms. The minimum atomic E-state index is -1.08. The van der Waals surface area contributed by atoms with Crippen molar-refractivity contribution in [3.05, 3.63) is 142 Å². The van der Waals surface area contributed by atoms with Gasteiger partial charge in [-0.05, 0) is 231 Å². The van der Waals surface area contributed by atoms with Crippen molar-refractivity contribution in [3.8, 4) is 11.5 Å². The highest BCUT2D eigenvalue weighted by atomic mass is 35.5. The number of hydrogen-bond acceptors (Lipinski definition) is 18. The number of alkyl carbamates (subject to hydrolysis) is 2. The zero-order chi connectivity index (χ0) is 96.4. The molecule has 0 radical (unpaired) electrons. The molecule has 6 N–H and O–H groups in total. The minimum Gasteiger partial charge on any atom is -0.508 e. The number of amides is 3. The van der Waals surface area contributed by atoms with Gasteiger partial charge in [-0.15, -0.1) is 68.2 Å². The Kier molecular flexibility index (Phi) is 46.9. The Bertz CT molecular complexity index is 4330. The molecular weight excluding hydrogens is 1670 g/mol. The number of phenols is 1. The molecule has 14 rings (SSSR count). The summed E-state index contributed by atoms with van der Waals surface area (Å²) < 4.78 is 96.2. The maximum Gasteiger partial charge on any atom is 0.407 e. The van der Waals surface area contributed by atoms with E-state index in [9.17, 15) is 33.6 Å². The number of aromatic nitrogens is 8. The number of tetrazole rings is 2. The largest absolute Gasteiger partial charge is 0.508 e. The van der Waals surface area contributed by atoms with Gasteiger partial charge in [0.05, 0.1) is 24.0 Å². The summed E-state index contributed by atoms with van der Waals surface area (Å²) in [5.41, 5.74) is 12.1. The molecule has 0 spiro atoms. The van der Waals surface area contributed by atoms with E-state index in [2.05, 4.69) is 53.1 Å². The lowest BCUT2D eigenvalue weighted by molar-refractivity contribution is -0.122. The first kappa shape index (κ1) is 88.4. The van der Waals surface area contributed by atoms with Crippen LogP contribution < -0.4 is 26.4 Å². The van der Waals surface area contributed by atoms with Gasteiger partial charge >= 0.3 is 12.2 Å². The van der Waals surface area contributed by atoms with Gasteiger partial charge in [-0.2, -0.15) is 0 Å².